The molecule has 5 nitrogen and oxygen atoms in total. The maximum Gasteiger partial charge on any atom is 0.256 e. The highest BCUT2D eigenvalue weighted by Gasteiger charge is 2.19. The number of para-hydroxylation sites is 1. The first-order valence-electron chi connectivity index (χ1n) is 9.60. The van der Waals surface area contributed by atoms with Gasteiger partial charge in [-0.25, -0.2) is 4.39 Å². The van der Waals surface area contributed by atoms with Gasteiger partial charge in [-0.2, -0.15) is 15.0 Å². The Morgan fingerprint density at radius 3 is 2.41 bits per heavy atom. The fraction of sp³-hybridized carbons (Fsp3) is 0.174. The van der Waals surface area contributed by atoms with Gasteiger partial charge in [-0.1, -0.05) is 42.5 Å². The highest BCUT2D eigenvalue weighted by atomic mass is 19.1. The van der Waals surface area contributed by atoms with E-state index in [0.717, 1.165) is 10.9 Å². The van der Waals surface area contributed by atoms with Crippen LogP contribution in [0.1, 0.15) is 22.8 Å². The second-order valence-corrected chi connectivity index (χ2v) is 6.72. The third-order valence-corrected chi connectivity index (χ3v) is 5.05. The standard InChI is InChI=1S/C23H21FN4O/c1-2-27(16-13-17-11-12-21(24)19-8-4-3-7-18(17)19)23(29)20-9-5-6-10-22(20)28-25-14-15-26-28/h3-12,14-15H,2,13,16H2,1H3. The predicted molar refractivity (Wildman–Crippen MR) is 111 cm³/mol. The molecule has 0 aliphatic carbocycles. The van der Waals surface area contributed by atoms with E-state index in [1.165, 1.54) is 10.9 Å². The molecule has 0 saturated heterocycles. The lowest BCUT2D eigenvalue weighted by atomic mass is 10.0. The fourth-order valence-electron chi connectivity index (χ4n) is 3.54. The Labute approximate surface area is 168 Å². The molecule has 4 rings (SSSR count). The molecule has 1 heterocycles. The van der Waals surface area contributed by atoms with Gasteiger partial charge in [0.2, 0.25) is 0 Å². The first kappa shape index (κ1) is 18.8. The summed E-state index contributed by atoms with van der Waals surface area (Å²) in [5.74, 6) is -0.305. The molecule has 0 N–H and O–H groups in total. The van der Waals surface area contributed by atoms with Crippen LogP contribution in [0.15, 0.2) is 73.1 Å². The van der Waals surface area contributed by atoms with Crippen molar-refractivity contribution in [3.05, 3.63) is 90.0 Å². The Bertz CT molecular complexity index is 1140. The average Bonchev–Trinajstić information content (AvgIpc) is 3.30. The average molecular weight is 388 g/mol. The van der Waals surface area contributed by atoms with Gasteiger partial charge in [-0.3, -0.25) is 4.79 Å². The SMILES string of the molecule is CCN(CCc1ccc(F)c2ccccc12)C(=O)c1ccccc1-n1nccn1. The molecule has 0 atom stereocenters. The van der Waals surface area contributed by atoms with E-state index in [2.05, 4.69) is 10.2 Å². The van der Waals surface area contributed by atoms with E-state index < -0.39 is 0 Å². The van der Waals surface area contributed by atoms with Gasteiger partial charge in [0.05, 0.1) is 23.6 Å². The van der Waals surface area contributed by atoms with E-state index >= 15 is 0 Å². The van der Waals surface area contributed by atoms with E-state index in [4.69, 9.17) is 0 Å². The molecule has 3 aromatic carbocycles. The molecule has 6 heteroatoms. The zero-order chi connectivity index (χ0) is 20.2. The number of nitrogens with zero attached hydrogens (tertiary/aromatic N) is 4. The second kappa shape index (κ2) is 8.22. The summed E-state index contributed by atoms with van der Waals surface area (Å²) >= 11 is 0. The highest BCUT2D eigenvalue weighted by molar-refractivity contribution is 5.97. The molecule has 0 spiro atoms. The van der Waals surface area contributed by atoms with Crippen LogP contribution in [0, 0.1) is 5.82 Å². The molecule has 1 amide bonds. The van der Waals surface area contributed by atoms with E-state index in [1.54, 1.807) is 35.5 Å². The Morgan fingerprint density at radius 2 is 1.66 bits per heavy atom. The predicted octanol–water partition coefficient (Wildman–Crippen LogP) is 4.26. The minimum atomic E-state index is -0.228. The maximum absolute atomic E-state index is 14.1. The van der Waals surface area contributed by atoms with Crippen LogP contribution in [0.5, 0.6) is 0 Å². The molecular weight excluding hydrogens is 367 g/mol. The van der Waals surface area contributed by atoms with Crippen molar-refractivity contribution in [2.24, 2.45) is 0 Å². The summed E-state index contributed by atoms with van der Waals surface area (Å²) in [7, 11) is 0. The van der Waals surface area contributed by atoms with Crippen LogP contribution < -0.4 is 0 Å². The number of fused-ring (bicyclic) bond motifs is 1. The van der Waals surface area contributed by atoms with Crippen LogP contribution in [-0.4, -0.2) is 38.9 Å². The van der Waals surface area contributed by atoms with Crippen molar-refractivity contribution in [3.63, 3.8) is 0 Å². The lowest BCUT2D eigenvalue weighted by Crippen LogP contribution is -2.33. The van der Waals surface area contributed by atoms with Crippen LogP contribution in [0.25, 0.3) is 16.5 Å². The summed E-state index contributed by atoms with van der Waals surface area (Å²) < 4.78 is 14.1. The van der Waals surface area contributed by atoms with Gasteiger partial charge in [0.25, 0.3) is 5.91 Å². The fourth-order valence-corrected chi connectivity index (χ4v) is 3.54. The maximum atomic E-state index is 14.1. The lowest BCUT2D eigenvalue weighted by Gasteiger charge is -2.22. The molecule has 4 aromatic rings. The molecule has 0 radical (unpaired) electrons. The quantitative estimate of drug-likeness (QED) is 0.496. The first-order valence-corrected chi connectivity index (χ1v) is 9.60. The number of benzene rings is 3. The summed E-state index contributed by atoms with van der Waals surface area (Å²) in [6.45, 7) is 3.06. The molecule has 0 saturated carbocycles. The van der Waals surface area contributed by atoms with Crippen molar-refractivity contribution in [2.75, 3.05) is 13.1 Å². The van der Waals surface area contributed by atoms with Gasteiger partial charge in [0, 0.05) is 18.5 Å². The topological polar surface area (TPSA) is 51.0 Å². The molecule has 0 unspecified atom stereocenters. The minimum absolute atomic E-state index is 0.0770. The van der Waals surface area contributed by atoms with E-state index in [9.17, 15) is 9.18 Å². The normalized spacial score (nSPS) is 11.0. The van der Waals surface area contributed by atoms with Gasteiger partial charge in [0.15, 0.2) is 0 Å². The number of likely N-dealkylation sites (N-methyl/N-ethyl adjacent to an activating group) is 1. The molecule has 0 aliphatic rings. The van der Waals surface area contributed by atoms with Gasteiger partial charge >= 0.3 is 0 Å². The smallest absolute Gasteiger partial charge is 0.256 e. The summed E-state index contributed by atoms with van der Waals surface area (Å²) in [4.78, 5) is 16.5. The van der Waals surface area contributed by atoms with Crippen LogP contribution >= 0.6 is 0 Å². The first-order chi connectivity index (χ1) is 14.2. The summed E-state index contributed by atoms with van der Waals surface area (Å²) in [5.41, 5.74) is 2.22. The van der Waals surface area contributed by atoms with Gasteiger partial charge in [-0.05, 0) is 42.5 Å². The Kier molecular flexibility index (Phi) is 5.33. The highest BCUT2D eigenvalue weighted by Crippen LogP contribution is 2.23. The Morgan fingerprint density at radius 1 is 0.966 bits per heavy atom. The molecule has 29 heavy (non-hydrogen) atoms. The van der Waals surface area contributed by atoms with Crippen LogP contribution in [0.3, 0.4) is 0 Å². The number of rotatable bonds is 6. The molecule has 0 aliphatic heterocycles. The van der Waals surface area contributed by atoms with Gasteiger partial charge < -0.3 is 4.90 Å². The van der Waals surface area contributed by atoms with Crippen molar-refractivity contribution in [1.82, 2.24) is 19.9 Å². The van der Waals surface area contributed by atoms with E-state index in [1.807, 2.05) is 43.3 Å². The monoisotopic (exact) mass is 388 g/mol. The second-order valence-electron chi connectivity index (χ2n) is 6.72. The largest absolute Gasteiger partial charge is 0.339 e. The lowest BCUT2D eigenvalue weighted by molar-refractivity contribution is 0.0766. The van der Waals surface area contributed by atoms with Crippen LogP contribution in [-0.2, 0) is 6.42 Å². The number of amides is 1. The molecule has 0 fully saturated rings. The summed E-state index contributed by atoms with van der Waals surface area (Å²) in [6.07, 6.45) is 3.81. The summed E-state index contributed by atoms with van der Waals surface area (Å²) in [5, 5.41) is 9.79. The van der Waals surface area contributed by atoms with Crippen molar-refractivity contribution in [2.45, 2.75) is 13.3 Å². The minimum Gasteiger partial charge on any atom is -0.339 e. The van der Waals surface area contributed by atoms with Crippen molar-refractivity contribution < 1.29 is 9.18 Å². The van der Waals surface area contributed by atoms with Gasteiger partial charge in [0.1, 0.15) is 5.82 Å². The Hall–Kier alpha value is -3.54. The molecule has 0 bridgehead atoms. The van der Waals surface area contributed by atoms with Crippen molar-refractivity contribution in [1.29, 1.82) is 0 Å². The number of halogens is 1. The number of aromatic nitrogens is 3. The van der Waals surface area contributed by atoms with Crippen molar-refractivity contribution >= 4 is 16.7 Å². The van der Waals surface area contributed by atoms with E-state index in [0.29, 0.717) is 36.1 Å². The Balaban J connectivity index is 1.59. The number of carbonyl (C=O) groups excluding carboxylic acids is 1. The number of hydrogen-bond acceptors (Lipinski definition) is 3. The summed E-state index contributed by atoms with van der Waals surface area (Å²) in [6, 6.07) is 18.0. The molecule has 1 aromatic heterocycles. The zero-order valence-electron chi connectivity index (χ0n) is 16.1. The van der Waals surface area contributed by atoms with Crippen LogP contribution in [0.2, 0.25) is 0 Å². The van der Waals surface area contributed by atoms with Crippen molar-refractivity contribution in [3.8, 4) is 5.69 Å². The zero-order valence-corrected chi connectivity index (χ0v) is 16.1. The van der Waals surface area contributed by atoms with Gasteiger partial charge in [-0.15, -0.1) is 0 Å². The third-order valence-electron chi connectivity index (χ3n) is 5.05. The molecular formula is C23H21FN4O. The molecule has 146 valence electrons. The van der Waals surface area contributed by atoms with E-state index in [-0.39, 0.29) is 11.7 Å². The van der Waals surface area contributed by atoms with Crippen LogP contribution in [0.4, 0.5) is 4.39 Å². The number of carbonyl (C=O) groups is 1. The third kappa shape index (κ3) is 3.74. The number of hydrogen-bond donors (Lipinski definition) is 0.